The number of alkyl halides is 3. The van der Waals surface area contributed by atoms with Crippen LogP contribution < -0.4 is 4.74 Å². The molecule has 2 aliphatic rings. The molecule has 0 radical (unpaired) electrons. The zero-order chi connectivity index (χ0) is 15.8. The Morgan fingerprint density at radius 2 is 1.82 bits per heavy atom. The Bertz CT molecular complexity index is 561. The summed E-state index contributed by atoms with van der Waals surface area (Å²) in [6, 6.07) is 5.75. The number of hydrogen-bond donors (Lipinski definition) is 0. The number of oxime groups is 1. The van der Waals surface area contributed by atoms with Crippen molar-refractivity contribution in [2.45, 2.75) is 31.2 Å². The van der Waals surface area contributed by atoms with Crippen molar-refractivity contribution in [2.24, 2.45) is 5.16 Å². The molecule has 7 heteroatoms. The lowest BCUT2D eigenvalue weighted by Crippen LogP contribution is -2.42. The maximum Gasteiger partial charge on any atom is 0.573 e. The molecule has 1 spiro atoms. The topological polar surface area (TPSA) is 34.1 Å². The summed E-state index contributed by atoms with van der Waals surface area (Å²) in [5, 5.41) is 4.15. The molecule has 4 nitrogen and oxygen atoms in total. The van der Waals surface area contributed by atoms with Gasteiger partial charge in [-0.2, -0.15) is 0 Å². The first-order valence-corrected chi connectivity index (χ1v) is 7.15. The van der Waals surface area contributed by atoms with E-state index in [0.717, 1.165) is 37.2 Å². The predicted molar refractivity (Wildman–Crippen MR) is 74.8 cm³/mol. The summed E-state index contributed by atoms with van der Waals surface area (Å²) in [4.78, 5) is 7.90. The summed E-state index contributed by atoms with van der Waals surface area (Å²) in [5.41, 5.74) is 1.30. The molecule has 0 atom stereocenters. The van der Waals surface area contributed by atoms with Crippen molar-refractivity contribution in [3.8, 4) is 5.75 Å². The van der Waals surface area contributed by atoms with Gasteiger partial charge in [0.25, 0.3) is 0 Å². The molecule has 1 fully saturated rings. The molecule has 2 heterocycles. The van der Waals surface area contributed by atoms with Crippen LogP contribution in [0.1, 0.15) is 24.8 Å². The van der Waals surface area contributed by atoms with E-state index in [1.807, 2.05) is 0 Å². The molecule has 120 valence electrons. The van der Waals surface area contributed by atoms with Crippen molar-refractivity contribution >= 4 is 5.71 Å². The summed E-state index contributed by atoms with van der Waals surface area (Å²) in [5.74, 6) is -0.232. The number of likely N-dealkylation sites (tertiary alicyclic amines) is 1. The Morgan fingerprint density at radius 3 is 2.41 bits per heavy atom. The van der Waals surface area contributed by atoms with Crippen molar-refractivity contribution in [3.05, 3.63) is 29.8 Å². The van der Waals surface area contributed by atoms with E-state index in [0.29, 0.717) is 6.42 Å². The largest absolute Gasteiger partial charge is 0.573 e. The summed E-state index contributed by atoms with van der Waals surface area (Å²) in [6.07, 6.45) is -2.16. The fourth-order valence-corrected chi connectivity index (χ4v) is 2.82. The van der Waals surface area contributed by atoms with Crippen LogP contribution in [0.25, 0.3) is 0 Å². The highest BCUT2D eigenvalue weighted by atomic mass is 19.4. The Hall–Kier alpha value is -1.76. The van der Waals surface area contributed by atoms with Gasteiger partial charge in [0.2, 0.25) is 0 Å². The Labute approximate surface area is 126 Å². The third-order valence-electron chi connectivity index (χ3n) is 4.16. The molecule has 0 N–H and O–H groups in total. The van der Waals surface area contributed by atoms with Gasteiger partial charge in [0.15, 0.2) is 0 Å². The highest BCUT2D eigenvalue weighted by molar-refractivity contribution is 6.01. The van der Waals surface area contributed by atoms with E-state index in [-0.39, 0.29) is 11.4 Å². The van der Waals surface area contributed by atoms with E-state index in [2.05, 4.69) is 21.8 Å². The highest BCUT2D eigenvalue weighted by Crippen LogP contribution is 2.36. The van der Waals surface area contributed by atoms with Crippen LogP contribution in [0.2, 0.25) is 0 Å². The van der Waals surface area contributed by atoms with E-state index >= 15 is 0 Å². The minimum absolute atomic E-state index is 0.232. The number of piperidine rings is 1. The van der Waals surface area contributed by atoms with Gasteiger partial charge < -0.3 is 14.5 Å². The number of nitrogens with zero attached hydrogens (tertiary/aromatic N) is 2. The summed E-state index contributed by atoms with van der Waals surface area (Å²) in [6.45, 7) is 1.92. The maximum atomic E-state index is 12.1. The Balaban J connectivity index is 1.66. The van der Waals surface area contributed by atoms with Gasteiger partial charge in [-0.25, -0.2) is 0 Å². The minimum Gasteiger partial charge on any atom is -0.406 e. The van der Waals surface area contributed by atoms with Gasteiger partial charge in [0, 0.05) is 32.4 Å². The molecule has 1 saturated heterocycles. The Kier molecular flexibility index (Phi) is 3.76. The van der Waals surface area contributed by atoms with Gasteiger partial charge in [-0.1, -0.05) is 5.16 Å². The van der Waals surface area contributed by atoms with Crippen molar-refractivity contribution in [1.82, 2.24) is 4.90 Å². The van der Waals surface area contributed by atoms with Crippen LogP contribution >= 0.6 is 0 Å². The van der Waals surface area contributed by atoms with Crippen LogP contribution in [-0.4, -0.2) is 42.7 Å². The van der Waals surface area contributed by atoms with E-state index in [1.165, 1.54) is 12.1 Å². The third-order valence-corrected chi connectivity index (χ3v) is 4.16. The van der Waals surface area contributed by atoms with Crippen LogP contribution in [0.3, 0.4) is 0 Å². The van der Waals surface area contributed by atoms with Crippen molar-refractivity contribution in [3.63, 3.8) is 0 Å². The average molecular weight is 314 g/mol. The smallest absolute Gasteiger partial charge is 0.406 e. The zero-order valence-electron chi connectivity index (χ0n) is 12.2. The van der Waals surface area contributed by atoms with Crippen LogP contribution in [0.5, 0.6) is 5.75 Å². The quantitative estimate of drug-likeness (QED) is 0.841. The van der Waals surface area contributed by atoms with Crippen molar-refractivity contribution < 1.29 is 22.7 Å². The van der Waals surface area contributed by atoms with Gasteiger partial charge in [-0.3, -0.25) is 0 Å². The van der Waals surface area contributed by atoms with E-state index in [1.54, 1.807) is 12.1 Å². The summed E-state index contributed by atoms with van der Waals surface area (Å²) in [7, 11) is 2.07. The van der Waals surface area contributed by atoms with Crippen LogP contribution in [0, 0.1) is 0 Å². The minimum atomic E-state index is -4.67. The SMILES string of the molecule is CN1CCC2(CC1)CC(c1ccc(OC(F)(F)F)cc1)=NO2. The molecule has 0 aromatic heterocycles. The zero-order valence-corrected chi connectivity index (χ0v) is 12.2. The second-order valence-corrected chi connectivity index (χ2v) is 5.86. The average Bonchev–Trinajstić information content (AvgIpc) is 2.86. The number of hydrogen-bond acceptors (Lipinski definition) is 4. The molecule has 1 aromatic carbocycles. The molecule has 1 aromatic rings. The first kappa shape index (κ1) is 15.1. The Morgan fingerprint density at radius 1 is 1.18 bits per heavy atom. The molecule has 0 saturated carbocycles. The van der Waals surface area contributed by atoms with Crippen molar-refractivity contribution in [1.29, 1.82) is 0 Å². The van der Waals surface area contributed by atoms with Gasteiger partial charge in [-0.05, 0) is 36.9 Å². The molecule has 22 heavy (non-hydrogen) atoms. The fourth-order valence-electron chi connectivity index (χ4n) is 2.82. The van der Waals surface area contributed by atoms with Gasteiger partial charge in [0.1, 0.15) is 11.4 Å². The van der Waals surface area contributed by atoms with E-state index in [9.17, 15) is 13.2 Å². The highest BCUT2D eigenvalue weighted by Gasteiger charge is 2.41. The first-order chi connectivity index (χ1) is 10.4. The van der Waals surface area contributed by atoms with Gasteiger partial charge in [-0.15, -0.1) is 13.2 Å². The number of benzene rings is 1. The summed E-state index contributed by atoms with van der Waals surface area (Å²) < 4.78 is 40.3. The normalized spacial score (nSPS) is 21.5. The molecule has 0 unspecified atom stereocenters. The lowest BCUT2D eigenvalue weighted by Gasteiger charge is -2.35. The molecule has 2 aliphatic heterocycles. The first-order valence-electron chi connectivity index (χ1n) is 7.15. The number of ether oxygens (including phenoxy) is 1. The third kappa shape index (κ3) is 3.35. The van der Waals surface area contributed by atoms with Crippen molar-refractivity contribution in [2.75, 3.05) is 20.1 Å². The lowest BCUT2D eigenvalue weighted by atomic mass is 9.85. The number of halogens is 3. The van der Waals surface area contributed by atoms with Gasteiger partial charge >= 0.3 is 6.36 Å². The second-order valence-electron chi connectivity index (χ2n) is 5.86. The lowest BCUT2D eigenvalue weighted by molar-refractivity contribution is -0.274. The number of rotatable bonds is 2. The van der Waals surface area contributed by atoms with E-state index in [4.69, 9.17) is 4.84 Å². The molecule has 0 amide bonds. The maximum absolute atomic E-state index is 12.1. The molecule has 0 bridgehead atoms. The predicted octanol–water partition coefficient (Wildman–Crippen LogP) is 3.17. The van der Waals surface area contributed by atoms with Crippen LogP contribution in [0.4, 0.5) is 13.2 Å². The second kappa shape index (κ2) is 5.46. The summed E-state index contributed by atoms with van der Waals surface area (Å²) >= 11 is 0. The molecule has 0 aliphatic carbocycles. The van der Waals surface area contributed by atoms with Gasteiger partial charge in [0.05, 0.1) is 5.71 Å². The van der Waals surface area contributed by atoms with Crippen LogP contribution in [0.15, 0.2) is 29.4 Å². The van der Waals surface area contributed by atoms with E-state index < -0.39 is 6.36 Å². The molecular weight excluding hydrogens is 297 g/mol. The molecule has 3 rings (SSSR count). The monoisotopic (exact) mass is 314 g/mol. The molecular formula is C15H17F3N2O2. The van der Waals surface area contributed by atoms with Crippen LogP contribution in [-0.2, 0) is 4.84 Å². The standard InChI is InChI=1S/C15H17F3N2O2/c1-20-8-6-14(7-9-20)10-13(19-22-14)11-2-4-12(5-3-11)21-15(16,17)18/h2-5H,6-10H2,1H3. The fraction of sp³-hybridized carbons (Fsp3) is 0.533.